The van der Waals surface area contributed by atoms with Crippen LogP contribution in [0.2, 0.25) is 0 Å². The second-order valence-electron chi connectivity index (χ2n) is 12.7. The molecule has 41 heavy (non-hydrogen) atoms. The maximum Gasteiger partial charge on any atom is 0.235 e. The zero-order chi connectivity index (χ0) is 30.2. The smallest absolute Gasteiger partial charge is 0.235 e. The Morgan fingerprint density at radius 2 is 1.83 bits per heavy atom. The minimum atomic E-state index is -2.80. The van der Waals surface area contributed by atoms with Crippen LogP contribution in [-0.4, -0.2) is 87.9 Å². The average molecular weight is 572 g/mol. The number of amides is 1. The lowest BCUT2D eigenvalue weighted by atomic mass is 9.52. The Labute approximate surface area is 238 Å². The number of nitrogens with two attached hydrogens (primary N) is 1. The third kappa shape index (κ3) is 4.19. The molecule has 4 aliphatic rings. The van der Waals surface area contributed by atoms with Crippen LogP contribution in [0.4, 0.5) is 4.39 Å². The number of Topliss-reactive ketones (excluding diaryl/α,β-unsaturated/α-hetero) is 4. The Balaban J connectivity index is 1.53. The normalized spacial score (nSPS) is 33.1. The topological polar surface area (TPSA) is 158 Å². The maximum atomic E-state index is 16.1. The summed E-state index contributed by atoms with van der Waals surface area (Å²) in [5.74, 6) is -12.2. The van der Waals surface area contributed by atoms with Gasteiger partial charge in [0.1, 0.15) is 11.6 Å². The van der Waals surface area contributed by atoms with Crippen molar-refractivity contribution < 1.29 is 38.6 Å². The number of fused-ring (bicyclic) bond motifs is 3. The molecule has 0 bridgehead atoms. The molecule has 222 valence electrons. The highest BCUT2D eigenvalue weighted by Gasteiger charge is 2.69. The first-order valence-corrected chi connectivity index (χ1v) is 14.3. The van der Waals surface area contributed by atoms with Gasteiger partial charge in [-0.25, -0.2) is 4.39 Å². The number of rotatable bonds is 6. The van der Waals surface area contributed by atoms with Crippen molar-refractivity contribution in [3.8, 4) is 5.75 Å². The van der Waals surface area contributed by atoms with E-state index in [4.69, 9.17) is 5.73 Å². The standard InChI is InChI=1S/C30H38FN3O7/c1-5-29(6-2)7-8-34(13-29)12-15-11-18(35)20-16(22(15)31)9-14-10-17-23(33(3)4)25(37)21(28(32)40)27(39)30(17,41)26(38)19(14)24(20)36/h11,14,17,19,21,23,35,41H,5-10,12-13H2,1-4H3,(H2,32,40)/t14-,17-,19?,21?,23-,30-/m0/s1. The molecule has 0 radical (unpaired) electrons. The number of hydrogen-bond acceptors (Lipinski definition) is 9. The zero-order valence-corrected chi connectivity index (χ0v) is 23.9. The zero-order valence-electron chi connectivity index (χ0n) is 23.9. The number of phenolic OH excluding ortho intramolecular Hbond substituents is 1. The summed E-state index contributed by atoms with van der Waals surface area (Å²) in [7, 11) is 3.03. The monoisotopic (exact) mass is 571 g/mol. The quantitative estimate of drug-likeness (QED) is 0.424. The fraction of sp³-hybridized carbons (Fsp3) is 0.633. The van der Waals surface area contributed by atoms with Crippen molar-refractivity contribution in [1.29, 1.82) is 0 Å². The third-order valence-electron chi connectivity index (χ3n) is 10.5. The summed E-state index contributed by atoms with van der Waals surface area (Å²) in [6.07, 6.45) is 2.81. The molecule has 3 fully saturated rings. The van der Waals surface area contributed by atoms with Crippen molar-refractivity contribution >= 4 is 29.0 Å². The number of phenols is 1. The highest BCUT2D eigenvalue weighted by Crippen LogP contribution is 2.51. The maximum absolute atomic E-state index is 16.1. The number of aliphatic hydroxyl groups is 1. The molecule has 0 aromatic heterocycles. The first-order valence-electron chi connectivity index (χ1n) is 14.3. The van der Waals surface area contributed by atoms with Crippen LogP contribution in [0.25, 0.3) is 0 Å². The number of aromatic hydroxyl groups is 1. The van der Waals surface area contributed by atoms with Crippen LogP contribution in [0.1, 0.15) is 61.0 Å². The molecular formula is C30H38FN3O7. The molecule has 1 aromatic carbocycles. The van der Waals surface area contributed by atoms with Crippen LogP contribution >= 0.6 is 0 Å². The summed E-state index contributed by atoms with van der Waals surface area (Å²) in [5.41, 5.74) is 2.64. The molecule has 1 heterocycles. The van der Waals surface area contributed by atoms with E-state index in [1.54, 1.807) is 0 Å². The Morgan fingerprint density at radius 1 is 1.17 bits per heavy atom. The molecule has 2 saturated carbocycles. The number of likely N-dealkylation sites (tertiary alicyclic amines) is 1. The van der Waals surface area contributed by atoms with Crippen molar-refractivity contribution in [3.63, 3.8) is 0 Å². The molecule has 4 N–H and O–H groups in total. The predicted octanol–water partition coefficient (Wildman–Crippen LogP) is 1.02. The van der Waals surface area contributed by atoms with Gasteiger partial charge in [0.15, 0.2) is 34.7 Å². The number of carbonyl (C=O) groups is 5. The highest BCUT2D eigenvalue weighted by molar-refractivity contribution is 6.32. The number of likely N-dealkylation sites (N-methyl/N-ethyl adjacent to an activating group) is 1. The van der Waals surface area contributed by atoms with Gasteiger partial charge in [-0.2, -0.15) is 0 Å². The molecule has 6 atom stereocenters. The van der Waals surface area contributed by atoms with Crippen LogP contribution in [-0.2, 0) is 32.1 Å². The largest absolute Gasteiger partial charge is 0.507 e. The fourth-order valence-corrected chi connectivity index (χ4v) is 8.05. The van der Waals surface area contributed by atoms with Gasteiger partial charge in [0.25, 0.3) is 0 Å². The number of hydrogen-bond donors (Lipinski definition) is 3. The van der Waals surface area contributed by atoms with Gasteiger partial charge in [-0.3, -0.25) is 33.8 Å². The molecule has 1 amide bonds. The van der Waals surface area contributed by atoms with Gasteiger partial charge in [-0.15, -0.1) is 0 Å². The first kappa shape index (κ1) is 29.5. The highest BCUT2D eigenvalue weighted by atomic mass is 19.1. The van der Waals surface area contributed by atoms with Crippen LogP contribution in [0.15, 0.2) is 6.07 Å². The number of nitrogens with zero attached hydrogens (tertiary/aromatic N) is 2. The van der Waals surface area contributed by atoms with Gasteiger partial charge in [-0.05, 0) is 70.1 Å². The molecule has 10 nitrogen and oxygen atoms in total. The van der Waals surface area contributed by atoms with Crippen LogP contribution < -0.4 is 5.73 Å². The van der Waals surface area contributed by atoms with E-state index in [9.17, 15) is 34.2 Å². The van der Waals surface area contributed by atoms with Crippen molar-refractivity contribution in [2.75, 3.05) is 27.2 Å². The van der Waals surface area contributed by atoms with Gasteiger partial charge in [0, 0.05) is 30.1 Å². The molecule has 1 aliphatic heterocycles. The van der Waals surface area contributed by atoms with E-state index in [-0.39, 0.29) is 41.5 Å². The van der Waals surface area contributed by atoms with Gasteiger partial charge >= 0.3 is 0 Å². The minimum absolute atomic E-state index is 0.00538. The van der Waals surface area contributed by atoms with Crippen molar-refractivity contribution in [3.05, 3.63) is 28.6 Å². The first-order chi connectivity index (χ1) is 19.2. The van der Waals surface area contributed by atoms with E-state index in [0.717, 1.165) is 32.4 Å². The van der Waals surface area contributed by atoms with Crippen molar-refractivity contribution in [1.82, 2.24) is 9.80 Å². The number of carbonyl (C=O) groups excluding carboxylic acids is 5. The summed E-state index contributed by atoms with van der Waals surface area (Å²) < 4.78 is 16.1. The summed E-state index contributed by atoms with van der Waals surface area (Å²) in [6, 6.07) is 0.0267. The third-order valence-corrected chi connectivity index (χ3v) is 10.5. The average Bonchev–Trinajstić information content (AvgIpc) is 3.32. The Hall–Kier alpha value is -3.02. The molecule has 5 rings (SSSR count). The molecule has 1 aromatic rings. The van der Waals surface area contributed by atoms with Gasteiger partial charge in [0.2, 0.25) is 5.91 Å². The van der Waals surface area contributed by atoms with Gasteiger partial charge in [-0.1, -0.05) is 13.8 Å². The second kappa shape index (κ2) is 10.1. The lowest BCUT2D eigenvalue weighted by molar-refractivity contribution is -0.181. The fourth-order valence-electron chi connectivity index (χ4n) is 8.05. The number of halogens is 1. The van der Waals surface area contributed by atoms with E-state index in [0.29, 0.717) is 0 Å². The molecule has 0 spiro atoms. The van der Waals surface area contributed by atoms with Crippen LogP contribution in [0.3, 0.4) is 0 Å². The molecule has 11 heteroatoms. The molecule has 3 aliphatic carbocycles. The van der Waals surface area contributed by atoms with E-state index >= 15 is 4.39 Å². The van der Waals surface area contributed by atoms with Gasteiger partial charge in [0.05, 0.1) is 17.5 Å². The summed E-state index contributed by atoms with van der Waals surface area (Å²) >= 11 is 0. The second-order valence-corrected chi connectivity index (χ2v) is 12.7. The van der Waals surface area contributed by atoms with Gasteiger partial charge < -0.3 is 15.9 Å². The predicted molar refractivity (Wildman–Crippen MR) is 144 cm³/mol. The van der Waals surface area contributed by atoms with Crippen molar-refractivity contribution in [2.45, 2.75) is 64.1 Å². The van der Waals surface area contributed by atoms with Crippen LogP contribution in [0.5, 0.6) is 5.75 Å². The number of primary amides is 1. The molecule has 1 saturated heterocycles. The number of ketones is 4. The minimum Gasteiger partial charge on any atom is -0.507 e. The number of benzene rings is 1. The summed E-state index contributed by atoms with van der Waals surface area (Å²) in [4.78, 5) is 69.7. The lowest BCUT2D eigenvalue weighted by Gasteiger charge is -2.52. The van der Waals surface area contributed by atoms with E-state index in [1.807, 2.05) is 0 Å². The molecule has 2 unspecified atom stereocenters. The SMILES string of the molecule is CCC1(CC)CCN(Cc2cc(O)c3c(c2F)C[C@H]2C[C@H]4[C@H](N(C)C)C(=O)C(C(N)=O)C(=O)[C@@]4(O)C(=O)C2C3=O)C1. The van der Waals surface area contributed by atoms with E-state index in [1.165, 1.54) is 25.1 Å². The molecular weight excluding hydrogens is 533 g/mol. The van der Waals surface area contributed by atoms with E-state index in [2.05, 4.69) is 18.7 Å². The Morgan fingerprint density at radius 3 is 2.39 bits per heavy atom. The Kier molecular flexibility index (Phi) is 7.23. The summed E-state index contributed by atoms with van der Waals surface area (Å²) in [6.45, 7) is 6.15. The lowest BCUT2D eigenvalue weighted by Crippen LogP contribution is -2.74. The summed E-state index contributed by atoms with van der Waals surface area (Å²) in [5, 5.41) is 22.6. The van der Waals surface area contributed by atoms with Crippen LogP contribution in [0, 0.1) is 34.9 Å². The Bertz CT molecular complexity index is 1360. The van der Waals surface area contributed by atoms with E-state index < -0.39 is 75.9 Å². The van der Waals surface area contributed by atoms with Crippen molar-refractivity contribution in [2.24, 2.45) is 34.8 Å².